The highest BCUT2D eigenvalue weighted by Gasteiger charge is 2.00. The summed E-state index contributed by atoms with van der Waals surface area (Å²) in [7, 11) is 4.25. The molecule has 4 nitrogen and oxygen atoms in total. The molecule has 0 aliphatic heterocycles. The molecule has 0 unspecified atom stereocenters. The van der Waals surface area contributed by atoms with Gasteiger partial charge in [-0.25, -0.2) is 0 Å². The van der Waals surface area contributed by atoms with Crippen LogP contribution in [0.3, 0.4) is 0 Å². The van der Waals surface area contributed by atoms with E-state index in [0.717, 1.165) is 12.1 Å². The van der Waals surface area contributed by atoms with E-state index in [1.54, 1.807) is 24.5 Å². The predicted octanol–water partition coefficient (Wildman–Crippen LogP) is 1.25. The molecule has 1 amide bonds. The maximum absolute atomic E-state index is 11.7. The fourth-order valence-electron chi connectivity index (χ4n) is 1.98. The van der Waals surface area contributed by atoms with E-state index in [2.05, 4.69) is 43.7 Å². The van der Waals surface area contributed by atoms with Crippen molar-refractivity contribution in [3.05, 3.63) is 65.6 Å². The molecular formula is C17H21N2O2+. The minimum absolute atomic E-state index is 0.131. The van der Waals surface area contributed by atoms with Crippen LogP contribution in [0.1, 0.15) is 16.9 Å². The molecule has 0 spiro atoms. The maximum Gasteiger partial charge on any atom is 0.244 e. The van der Waals surface area contributed by atoms with Crippen LogP contribution in [0.2, 0.25) is 0 Å². The summed E-state index contributed by atoms with van der Waals surface area (Å²) in [4.78, 5) is 13.1. The van der Waals surface area contributed by atoms with Crippen molar-refractivity contribution in [1.29, 1.82) is 0 Å². The number of hydrogen-bond acceptors (Lipinski definition) is 2. The van der Waals surface area contributed by atoms with Gasteiger partial charge in [0, 0.05) is 18.2 Å². The summed E-state index contributed by atoms with van der Waals surface area (Å²) in [6.45, 7) is 1.52. The van der Waals surface area contributed by atoms with Gasteiger partial charge in [0.1, 0.15) is 12.3 Å². The quantitative estimate of drug-likeness (QED) is 0.785. The van der Waals surface area contributed by atoms with E-state index in [1.807, 2.05) is 0 Å². The average Bonchev–Trinajstić information content (AvgIpc) is 2.97. The van der Waals surface area contributed by atoms with Crippen molar-refractivity contribution < 1.29 is 14.1 Å². The summed E-state index contributed by atoms with van der Waals surface area (Å²) < 4.78 is 5.12. The van der Waals surface area contributed by atoms with Crippen molar-refractivity contribution in [2.45, 2.75) is 13.1 Å². The highest BCUT2D eigenvalue weighted by atomic mass is 16.3. The van der Waals surface area contributed by atoms with Crippen LogP contribution >= 0.6 is 0 Å². The van der Waals surface area contributed by atoms with Crippen LogP contribution in [-0.2, 0) is 17.9 Å². The molecule has 0 saturated heterocycles. The van der Waals surface area contributed by atoms with Gasteiger partial charge in [-0.1, -0.05) is 24.3 Å². The van der Waals surface area contributed by atoms with Crippen LogP contribution in [0.15, 0.2) is 53.2 Å². The summed E-state index contributed by atoms with van der Waals surface area (Å²) in [5.41, 5.74) is 2.38. The Labute approximate surface area is 125 Å². The van der Waals surface area contributed by atoms with Gasteiger partial charge in [0.25, 0.3) is 0 Å². The molecule has 2 rings (SSSR count). The molecule has 2 aromatic rings. The lowest BCUT2D eigenvalue weighted by Gasteiger charge is -2.08. The van der Waals surface area contributed by atoms with Crippen LogP contribution in [0.25, 0.3) is 6.08 Å². The first kappa shape index (κ1) is 15.1. The standard InChI is InChI=1S/C17H20N2O2/c1-19(2)13-15-7-5-14(6-8-15)12-18-17(20)10-9-16-4-3-11-21-16/h3-11H,12-13H2,1-2H3,(H,18,20)/p+1/b10-9+. The van der Waals surface area contributed by atoms with Crippen LogP contribution in [-0.4, -0.2) is 20.0 Å². The van der Waals surface area contributed by atoms with E-state index in [0.29, 0.717) is 12.3 Å². The maximum atomic E-state index is 11.7. The first-order valence-electron chi connectivity index (χ1n) is 7.00. The molecule has 0 atom stereocenters. The molecule has 1 aromatic carbocycles. The Morgan fingerprint density at radius 2 is 1.90 bits per heavy atom. The van der Waals surface area contributed by atoms with Crippen LogP contribution in [0.5, 0.6) is 0 Å². The van der Waals surface area contributed by atoms with E-state index >= 15 is 0 Å². The second-order valence-electron chi connectivity index (χ2n) is 5.27. The van der Waals surface area contributed by atoms with Crippen molar-refractivity contribution in [2.75, 3.05) is 14.1 Å². The third-order valence-electron chi connectivity index (χ3n) is 2.99. The molecule has 1 heterocycles. The number of amides is 1. The van der Waals surface area contributed by atoms with Crippen LogP contribution in [0.4, 0.5) is 0 Å². The second-order valence-corrected chi connectivity index (χ2v) is 5.27. The number of hydrogen-bond donors (Lipinski definition) is 2. The normalized spacial score (nSPS) is 11.2. The molecule has 0 saturated carbocycles. The fourth-order valence-corrected chi connectivity index (χ4v) is 1.98. The monoisotopic (exact) mass is 285 g/mol. The highest BCUT2D eigenvalue weighted by Crippen LogP contribution is 2.04. The Bertz CT molecular complexity index is 584. The van der Waals surface area contributed by atoms with Gasteiger partial charge >= 0.3 is 0 Å². The predicted molar refractivity (Wildman–Crippen MR) is 82.5 cm³/mol. The van der Waals surface area contributed by atoms with Crippen molar-refractivity contribution in [2.24, 2.45) is 0 Å². The van der Waals surface area contributed by atoms with Crippen LogP contribution in [0, 0.1) is 0 Å². The second kappa shape index (κ2) is 7.45. The molecule has 2 N–H and O–H groups in total. The molecule has 21 heavy (non-hydrogen) atoms. The molecule has 0 aliphatic carbocycles. The molecule has 0 bridgehead atoms. The summed E-state index contributed by atoms with van der Waals surface area (Å²) in [6.07, 6.45) is 4.70. The van der Waals surface area contributed by atoms with Crippen molar-refractivity contribution in [3.8, 4) is 0 Å². The SMILES string of the molecule is C[NH+](C)Cc1ccc(CNC(=O)/C=C/c2ccco2)cc1. The zero-order valence-electron chi connectivity index (χ0n) is 12.4. The zero-order valence-corrected chi connectivity index (χ0v) is 12.4. The van der Waals surface area contributed by atoms with E-state index in [-0.39, 0.29) is 5.91 Å². The lowest BCUT2D eigenvalue weighted by atomic mass is 10.1. The summed E-state index contributed by atoms with van der Waals surface area (Å²) in [5.74, 6) is 0.536. The molecule has 0 radical (unpaired) electrons. The Morgan fingerprint density at radius 3 is 2.52 bits per heavy atom. The number of rotatable bonds is 6. The van der Waals surface area contributed by atoms with Gasteiger partial charge in [-0.15, -0.1) is 0 Å². The van der Waals surface area contributed by atoms with Gasteiger partial charge in [-0.2, -0.15) is 0 Å². The third kappa shape index (κ3) is 5.28. The number of furan rings is 1. The van der Waals surface area contributed by atoms with Crippen molar-refractivity contribution in [3.63, 3.8) is 0 Å². The summed E-state index contributed by atoms with van der Waals surface area (Å²) in [6, 6.07) is 11.9. The molecule has 110 valence electrons. The summed E-state index contributed by atoms with van der Waals surface area (Å²) in [5, 5.41) is 2.85. The number of carbonyl (C=O) groups is 1. The van der Waals surface area contributed by atoms with Crippen molar-refractivity contribution >= 4 is 12.0 Å². The van der Waals surface area contributed by atoms with Gasteiger partial charge in [0.2, 0.25) is 5.91 Å². The molecule has 0 aliphatic rings. The minimum Gasteiger partial charge on any atom is -0.465 e. The average molecular weight is 285 g/mol. The van der Waals surface area contributed by atoms with Crippen LogP contribution < -0.4 is 10.2 Å². The third-order valence-corrected chi connectivity index (χ3v) is 2.99. The fraction of sp³-hybridized carbons (Fsp3) is 0.235. The Kier molecular flexibility index (Phi) is 5.35. The van der Waals surface area contributed by atoms with Gasteiger partial charge in [0.15, 0.2) is 0 Å². The zero-order chi connectivity index (χ0) is 15.1. The van der Waals surface area contributed by atoms with Gasteiger partial charge in [-0.05, 0) is 23.8 Å². The van der Waals surface area contributed by atoms with E-state index < -0.39 is 0 Å². The summed E-state index contributed by atoms with van der Waals surface area (Å²) >= 11 is 0. The van der Waals surface area contributed by atoms with Gasteiger partial charge in [-0.3, -0.25) is 4.79 Å². The van der Waals surface area contributed by atoms with Gasteiger partial charge in [0.05, 0.1) is 20.4 Å². The first-order chi connectivity index (χ1) is 10.1. The number of benzene rings is 1. The minimum atomic E-state index is -0.131. The Balaban J connectivity index is 1.81. The largest absolute Gasteiger partial charge is 0.465 e. The van der Waals surface area contributed by atoms with E-state index in [9.17, 15) is 4.79 Å². The molecule has 1 aromatic heterocycles. The molecular weight excluding hydrogens is 264 g/mol. The highest BCUT2D eigenvalue weighted by molar-refractivity contribution is 5.91. The molecule has 4 heteroatoms. The van der Waals surface area contributed by atoms with Crippen molar-refractivity contribution in [1.82, 2.24) is 5.32 Å². The van der Waals surface area contributed by atoms with E-state index in [1.165, 1.54) is 16.5 Å². The van der Waals surface area contributed by atoms with E-state index in [4.69, 9.17) is 4.42 Å². The smallest absolute Gasteiger partial charge is 0.244 e. The van der Waals surface area contributed by atoms with Gasteiger partial charge < -0.3 is 14.6 Å². The lowest BCUT2D eigenvalue weighted by Crippen LogP contribution is -3.04. The Hall–Kier alpha value is -2.33. The number of quaternary nitrogens is 1. The number of carbonyl (C=O) groups excluding carboxylic acids is 1. The number of nitrogens with one attached hydrogen (secondary N) is 2. The topological polar surface area (TPSA) is 46.7 Å². The Morgan fingerprint density at radius 1 is 1.19 bits per heavy atom. The first-order valence-corrected chi connectivity index (χ1v) is 7.00. The molecule has 0 fully saturated rings. The lowest BCUT2D eigenvalue weighted by molar-refractivity contribution is -0.872.